The maximum atomic E-state index is 12.7. The van der Waals surface area contributed by atoms with Gasteiger partial charge in [-0.3, -0.25) is 4.79 Å². The third-order valence-corrected chi connectivity index (χ3v) is 4.95. The third-order valence-electron chi connectivity index (χ3n) is 4.95. The molecule has 142 valence electrons. The highest BCUT2D eigenvalue weighted by Gasteiger charge is 2.27. The van der Waals surface area contributed by atoms with E-state index in [1.807, 2.05) is 38.1 Å². The number of benzene rings is 1. The zero-order chi connectivity index (χ0) is 18.8. The molecule has 1 N–H and O–H groups in total. The highest BCUT2D eigenvalue weighted by atomic mass is 16.7. The van der Waals surface area contributed by atoms with Crippen molar-refractivity contribution < 1.29 is 14.3 Å². The maximum Gasteiger partial charge on any atom is 0.231 e. The Bertz CT molecular complexity index is 835. The molecule has 2 aliphatic rings. The lowest BCUT2D eigenvalue weighted by Crippen LogP contribution is -2.43. The van der Waals surface area contributed by atoms with E-state index in [0.29, 0.717) is 13.1 Å². The number of nitrogens with zero attached hydrogens (tertiary/aromatic N) is 3. The van der Waals surface area contributed by atoms with Crippen LogP contribution >= 0.6 is 0 Å². The van der Waals surface area contributed by atoms with Crippen LogP contribution in [0.15, 0.2) is 24.3 Å². The molecule has 1 fully saturated rings. The second kappa shape index (κ2) is 7.42. The number of hydrogen-bond acceptors (Lipinski definition) is 6. The molecule has 1 atom stereocenters. The predicted octanol–water partition coefficient (Wildman–Crippen LogP) is 2.35. The number of aromatic nitrogens is 2. The minimum atomic E-state index is -0.0582. The molecule has 0 bridgehead atoms. The van der Waals surface area contributed by atoms with Crippen LogP contribution in [0, 0.1) is 19.8 Å². The van der Waals surface area contributed by atoms with Gasteiger partial charge in [0.1, 0.15) is 0 Å². The summed E-state index contributed by atoms with van der Waals surface area (Å²) in [5.74, 6) is 2.22. The van der Waals surface area contributed by atoms with Crippen molar-refractivity contribution in [2.45, 2.75) is 33.2 Å². The Labute approximate surface area is 158 Å². The molecule has 1 aromatic carbocycles. The highest BCUT2D eigenvalue weighted by Crippen LogP contribution is 2.32. The zero-order valence-electron chi connectivity index (χ0n) is 15.7. The molecule has 0 saturated carbocycles. The van der Waals surface area contributed by atoms with Crippen LogP contribution in [0.2, 0.25) is 0 Å². The van der Waals surface area contributed by atoms with Crippen molar-refractivity contribution in [2.75, 3.05) is 24.8 Å². The van der Waals surface area contributed by atoms with Gasteiger partial charge < -0.3 is 19.7 Å². The molecule has 0 unspecified atom stereocenters. The number of nitrogens with one attached hydrogen (secondary N) is 1. The second-order valence-corrected chi connectivity index (χ2v) is 7.14. The van der Waals surface area contributed by atoms with E-state index >= 15 is 0 Å². The standard InChI is InChI=1S/C20H24N4O3/c1-13-8-14(2)23-20(22-13)24-7-3-4-16(11-24)19(25)21-10-15-5-6-17-18(9-15)27-12-26-17/h5-6,8-9,16H,3-4,7,10-12H2,1-2H3,(H,21,25)/t16-/m1/s1. The monoisotopic (exact) mass is 368 g/mol. The number of amides is 1. The van der Waals surface area contributed by atoms with Crippen molar-refractivity contribution in [3.63, 3.8) is 0 Å². The summed E-state index contributed by atoms with van der Waals surface area (Å²) in [6.07, 6.45) is 1.84. The molecule has 0 spiro atoms. The summed E-state index contributed by atoms with van der Waals surface area (Å²) in [4.78, 5) is 23.9. The molecule has 2 aliphatic heterocycles. The molecule has 1 saturated heterocycles. The third kappa shape index (κ3) is 3.97. The lowest BCUT2D eigenvalue weighted by Gasteiger charge is -2.32. The summed E-state index contributed by atoms with van der Waals surface area (Å²) in [7, 11) is 0. The van der Waals surface area contributed by atoms with Gasteiger partial charge in [0.2, 0.25) is 18.6 Å². The Kier molecular flexibility index (Phi) is 4.83. The number of anilines is 1. The number of aryl methyl sites for hydroxylation is 2. The van der Waals surface area contributed by atoms with E-state index in [9.17, 15) is 4.79 Å². The van der Waals surface area contributed by atoms with E-state index in [0.717, 1.165) is 53.8 Å². The van der Waals surface area contributed by atoms with Crippen molar-refractivity contribution >= 4 is 11.9 Å². The van der Waals surface area contributed by atoms with Gasteiger partial charge in [-0.2, -0.15) is 0 Å². The van der Waals surface area contributed by atoms with Crippen LogP contribution in [0.1, 0.15) is 29.8 Å². The lowest BCUT2D eigenvalue weighted by molar-refractivity contribution is -0.125. The molecule has 27 heavy (non-hydrogen) atoms. The zero-order valence-corrected chi connectivity index (χ0v) is 15.7. The summed E-state index contributed by atoms with van der Waals surface area (Å²) in [6.45, 7) is 6.20. The summed E-state index contributed by atoms with van der Waals surface area (Å²) >= 11 is 0. The van der Waals surface area contributed by atoms with Crippen LogP contribution in [-0.2, 0) is 11.3 Å². The van der Waals surface area contributed by atoms with Crippen molar-refractivity contribution in [2.24, 2.45) is 5.92 Å². The fourth-order valence-corrected chi connectivity index (χ4v) is 3.61. The number of carbonyl (C=O) groups is 1. The Morgan fingerprint density at radius 3 is 2.78 bits per heavy atom. The van der Waals surface area contributed by atoms with Gasteiger partial charge in [0.05, 0.1) is 5.92 Å². The number of piperidine rings is 1. The molecule has 0 aliphatic carbocycles. The van der Waals surface area contributed by atoms with Gasteiger partial charge in [-0.1, -0.05) is 6.07 Å². The SMILES string of the molecule is Cc1cc(C)nc(N2CCC[C@@H](C(=O)NCc3ccc4c(c3)OCO4)C2)n1. The number of ether oxygens (including phenoxy) is 2. The summed E-state index contributed by atoms with van der Waals surface area (Å²) in [5, 5.41) is 3.05. The minimum Gasteiger partial charge on any atom is -0.454 e. The van der Waals surface area contributed by atoms with Crippen molar-refractivity contribution in [1.29, 1.82) is 0 Å². The Morgan fingerprint density at radius 1 is 1.19 bits per heavy atom. The van der Waals surface area contributed by atoms with Gasteiger partial charge in [-0.15, -0.1) is 0 Å². The molecule has 1 aromatic heterocycles. The van der Waals surface area contributed by atoms with E-state index < -0.39 is 0 Å². The van der Waals surface area contributed by atoms with Gasteiger partial charge in [0.25, 0.3) is 0 Å². The first kappa shape index (κ1) is 17.6. The quantitative estimate of drug-likeness (QED) is 0.893. The second-order valence-electron chi connectivity index (χ2n) is 7.14. The molecule has 7 heteroatoms. The molecule has 7 nitrogen and oxygen atoms in total. The summed E-state index contributed by atoms with van der Waals surface area (Å²) < 4.78 is 10.7. The van der Waals surface area contributed by atoms with Gasteiger partial charge in [-0.25, -0.2) is 9.97 Å². The van der Waals surface area contributed by atoms with Gasteiger partial charge in [0.15, 0.2) is 11.5 Å². The van der Waals surface area contributed by atoms with Crippen LogP contribution in [0.25, 0.3) is 0 Å². The average molecular weight is 368 g/mol. The number of rotatable bonds is 4. The van der Waals surface area contributed by atoms with Gasteiger partial charge >= 0.3 is 0 Å². The molecule has 1 amide bonds. The molecule has 4 rings (SSSR count). The number of hydrogen-bond donors (Lipinski definition) is 1. The van der Waals surface area contributed by atoms with Gasteiger partial charge in [-0.05, 0) is 50.5 Å². The van der Waals surface area contributed by atoms with E-state index in [4.69, 9.17) is 9.47 Å². The predicted molar refractivity (Wildman–Crippen MR) is 101 cm³/mol. The molecular formula is C20H24N4O3. The Hall–Kier alpha value is -2.83. The highest BCUT2D eigenvalue weighted by molar-refractivity contribution is 5.79. The largest absolute Gasteiger partial charge is 0.454 e. The van der Waals surface area contributed by atoms with Crippen LogP contribution < -0.4 is 19.7 Å². The van der Waals surface area contributed by atoms with Crippen LogP contribution in [0.3, 0.4) is 0 Å². The molecule has 0 radical (unpaired) electrons. The Balaban J connectivity index is 1.37. The van der Waals surface area contributed by atoms with Crippen LogP contribution in [0.5, 0.6) is 11.5 Å². The van der Waals surface area contributed by atoms with Crippen molar-refractivity contribution in [1.82, 2.24) is 15.3 Å². The van der Waals surface area contributed by atoms with E-state index in [2.05, 4.69) is 20.2 Å². The van der Waals surface area contributed by atoms with E-state index in [-0.39, 0.29) is 18.6 Å². The first-order valence-corrected chi connectivity index (χ1v) is 9.32. The summed E-state index contributed by atoms with van der Waals surface area (Å²) in [6, 6.07) is 7.70. The normalized spacial score (nSPS) is 18.4. The van der Waals surface area contributed by atoms with Crippen LogP contribution in [-0.4, -0.2) is 35.8 Å². The molecule has 3 heterocycles. The van der Waals surface area contributed by atoms with Gasteiger partial charge in [0, 0.05) is 31.0 Å². The molecule has 2 aromatic rings. The number of fused-ring (bicyclic) bond motifs is 1. The molecular weight excluding hydrogens is 344 g/mol. The fraction of sp³-hybridized carbons (Fsp3) is 0.450. The lowest BCUT2D eigenvalue weighted by atomic mass is 9.97. The topological polar surface area (TPSA) is 76.6 Å². The first-order valence-electron chi connectivity index (χ1n) is 9.32. The number of carbonyl (C=O) groups excluding carboxylic acids is 1. The minimum absolute atomic E-state index is 0.0582. The smallest absolute Gasteiger partial charge is 0.231 e. The maximum absolute atomic E-state index is 12.7. The summed E-state index contributed by atoms with van der Waals surface area (Å²) in [5.41, 5.74) is 2.90. The fourth-order valence-electron chi connectivity index (χ4n) is 3.61. The van der Waals surface area contributed by atoms with Crippen molar-refractivity contribution in [3.8, 4) is 11.5 Å². The Morgan fingerprint density at radius 2 is 1.96 bits per heavy atom. The average Bonchev–Trinajstić information content (AvgIpc) is 3.13. The van der Waals surface area contributed by atoms with E-state index in [1.54, 1.807) is 0 Å². The first-order chi connectivity index (χ1) is 13.1. The van der Waals surface area contributed by atoms with Crippen molar-refractivity contribution in [3.05, 3.63) is 41.2 Å². The van der Waals surface area contributed by atoms with Crippen LogP contribution in [0.4, 0.5) is 5.95 Å². The van der Waals surface area contributed by atoms with E-state index in [1.165, 1.54) is 0 Å².